The minimum Gasteiger partial charge on any atom is -0.463 e. The molecular weight excluding hydrogens is 458 g/mol. The van der Waals surface area contributed by atoms with Crippen molar-refractivity contribution in [2.45, 2.75) is 70.4 Å². The Morgan fingerprint density at radius 1 is 1.31 bits per heavy atom. The van der Waals surface area contributed by atoms with Gasteiger partial charge in [-0.05, 0) is 24.5 Å². The molecular formula is C23H31N5O7. The van der Waals surface area contributed by atoms with Gasteiger partial charge in [0, 0.05) is 6.42 Å². The molecule has 0 aromatic carbocycles. The van der Waals surface area contributed by atoms with E-state index in [1.807, 2.05) is 26.8 Å². The maximum atomic E-state index is 12.1. The van der Waals surface area contributed by atoms with Crippen molar-refractivity contribution in [3.05, 3.63) is 24.2 Å². The molecule has 1 fully saturated rings. The zero-order valence-corrected chi connectivity index (χ0v) is 20.0. The molecule has 2 aromatic heterocycles. The van der Waals surface area contributed by atoms with Crippen LogP contribution in [0, 0.1) is 17.2 Å². The lowest BCUT2D eigenvalue weighted by Crippen LogP contribution is -2.41. The quantitative estimate of drug-likeness (QED) is 0.331. The first-order valence-corrected chi connectivity index (χ1v) is 11.6. The molecule has 190 valence electrons. The highest BCUT2D eigenvalue weighted by molar-refractivity contribution is 5.88. The molecule has 0 aliphatic carbocycles. The fraction of sp³-hybridized carbons (Fsp3) is 0.609. The molecule has 3 heterocycles. The monoisotopic (exact) mass is 489 g/mol. The van der Waals surface area contributed by atoms with Gasteiger partial charge in [0.1, 0.15) is 42.8 Å². The number of aliphatic hydroxyl groups is 2. The molecule has 1 aliphatic heterocycles. The van der Waals surface area contributed by atoms with Crippen LogP contribution in [0.15, 0.2) is 18.5 Å². The van der Waals surface area contributed by atoms with E-state index in [1.165, 1.54) is 10.6 Å². The fourth-order valence-electron chi connectivity index (χ4n) is 3.84. The second-order valence-corrected chi connectivity index (χ2v) is 8.81. The standard InChI is InChI=1S/C23H31N5O7/c1-4-5-6-9-33-22(32)27-21-15-7-8-17(28(15)26-13-25-21)23(12-24)20(31)19(30)16(35-23)11-34-18(29)10-14(2)3/h7-8,13-14,16,19-20,30-31H,4-6,9-11H2,1-3H3,(H,25,26,27,32)/t16-,19-,20-,23+/m1/s1. The van der Waals surface area contributed by atoms with E-state index in [-0.39, 0.29) is 37.1 Å². The first kappa shape index (κ1) is 26.3. The number of amides is 1. The Morgan fingerprint density at radius 3 is 2.77 bits per heavy atom. The number of nitrogens with zero attached hydrogens (tertiary/aromatic N) is 4. The second kappa shape index (κ2) is 11.4. The van der Waals surface area contributed by atoms with Crippen molar-refractivity contribution in [3.8, 4) is 6.07 Å². The van der Waals surface area contributed by atoms with E-state index in [2.05, 4.69) is 15.4 Å². The largest absolute Gasteiger partial charge is 0.463 e. The van der Waals surface area contributed by atoms with E-state index in [0.29, 0.717) is 5.52 Å². The summed E-state index contributed by atoms with van der Waals surface area (Å²) >= 11 is 0. The lowest BCUT2D eigenvalue weighted by molar-refractivity contribution is -0.151. The summed E-state index contributed by atoms with van der Waals surface area (Å²) < 4.78 is 17.4. The molecule has 1 amide bonds. The number of nitrogens with one attached hydrogen (secondary N) is 1. The van der Waals surface area contributed by atoms with Crippen molar-refractivity contribution in [2.75, 3.05) is 18.5 Å². The van der Waals surface area contributed by atoms with Gasteiger partial charge < -0.3 is 24.4 Å². The number of carbonyl (C=O) groups excluding carboxylic acids is 2. The minimum atomic E-state index is -2.01. The van der Waals surface area contributed by atoms with E-state index in [4.69, 9.17) is 14.2 Å². The van der Waals surface area contributed by atoms with Crippen LogP contribution in [0.5, 0.6) is 0 Å². The predicted octanol–water partition coefficient (Wildman–Crippen LogP) is 1.90. The predicted molar refractivity (Wildman–Crippen MR) is 122 cm³/mol. The number of esters is 1. The Balaban J connectivity index is 1.80. The maximum absolute atomic E-state index is 12.1. The van der Waals surface area contributed by atoms with Gasteiger partial charge in [0.25, 0.3) is 0 Å². The molecule has 1 saturated heterocycles. The second-order valence-electron chi connectivity index (χ2n) is 8.81. The van der Waals surface area contributed by atoms with Crippen LogP contribution in [0.3, 0.4) is 0 Å². The molecule has 12 heteroatoms. The summed E-state index contributed by atoms with van der Waals surface area (Å²) in [7, 11) is 0. The highest BCUT2D eigenvalue weighted by atomic mass is 16.6. The molecule has 0 radical (unpaired) electrons. The summed E-state index contributed by atoms with van der Waals surface area (Å²) in [5, 5.41) is 38.0. The summed E-state index contributed by atoms with van der Waals surface area (Å²) in [6, 6.07) is 4.96. The fourth-order valence-corrected chi connectivity index (χ4v) is 3.84. The average Bonchev–Trinajstić information content (AvgIpc) is 3.36. The third-order valence-corrected chi connectivity index (χ3v) is 5.64. The van der Waals surface area contributed by atoms with Gasteiger partial charge in [0.15, 0.2) is 5.82 Å². The Labute approximate surface area is 202 Å². The third kappa shape index (κ3) is 5.70. The average molecular weight is 490 g/mol. The molecule has 12 nitrogen and oxygen atoms in total. The van der Waals surface area contributed by atoms with Crippen molar-refractivity contribution >= 4 is 23.4 Å². The smallest absolute Gasteiger partial charge is 0.412 e. The summed E-state index contributed by atoms with van der Waals surface area (Å²) in [5.41, 5.74) is -1.58. The summed E-state index contributed by atoms with van der Waals surface area (Å²) in [6.45, 7) is 5.71. The minimum absolute atomic E-state index is 0.0869. The zero-order chi connectivity index (χ0) is 25.6. The molecule has 3 N–H and O–H groups in total. The van der Waals surface area contributed by atoms with E-state index in [9.17, 15) is 25.1 Å². The Hall–Kier alpha value is -3.27. The number of ether oxygens (including phenoxy) is 3. The van der Waals surface area contributed by atoms with Crippen molar-refractivity contribution in [2.24, 2.45) is 5.92 Å². The van der Waals surface area contributed by atoms with Crippen molar-refractivity contribution < 1.29 is 34.0 Å². The lowest BCUT2D eigenvalue weighted by atomic mass is 9.92. The van der Waals surface area contributed by atoms with Crippen LogP contribution in [0.1, 0.15) is 52.1 Å². The van der Waals surface area contributed by atoms with Gasteiger partial charge in [0.05, 0.1) is 12.3 Å². The molecule has 0 unspecified atom stereocenters. The van der Waals surface area contributed by atoms with Gasteiger partial charge in [-0.2, -0.15) is 10.4 Å². The first-order valence-electron chi connectivity index (χ1n) is 11.6. The molecule has 1 aliphatic rings. The van der Waals surface area contributed by atoms with Crippen LogP contribution in [0.2, 0.25) is 0 Å². The summed E-state index contributed by atoms with van der Waals surface area (Å²) in [4.78, 5) is 28.1. The SMILES string of the molecule is CCCCCOC(=O)Nc1ncnn2c([C@]3(C#N)O[C@H](COC(=O)CC(C)C)[C@@H](O)[C@H]3O)ccc12. The number of carbonyl (C=O) groups is 2. The Morgan fingerprint density at radius 2 is 2.09 bits per heavy atom. The van der Waals surface area contributed by atoms with Crippen LogP contribution in [-0.2, 0) is 24.6 Å². The topological polar surface area (TPSA) is 168 Å². The van der Waals surface area contributed by atoms with Gasteiger partial charge in [-0.25, -0.2) is 14.3 Å². The van der Waals surface area contributed by atoms with E-state index < -0.39 is 36.0 Å². The third-order valence-electron chi connectivity index (χ3n) is 5.64. The number of hydrogen-bond acceptors (Lipinski definition) is 10. The number of aliphatic hydroxyl groups excluding tert-OH is 2. The van der Waals surface area contributed by atoms with Gasteiger partial charge in [-0.3, -0.25) is 10.1 Å². The van der Waals surface area contributed by atoms with E-state index >= 15 is 0 Å². The molecule has 0 bridgehead atoms. The highest BCUT2D eigenvalue weighted by Crippen LogP contribution is 2.40. The Bertz CT molecular complexity index is 1080. The number of unbranched alkanes of at least 4 members (excludes halogenated alkanes) is 2. The van der Waals surface area contributed by atoms with Crippen molar-refractivity contribution in [1.82, 2.24) is 14.6 Å². The number of aromatic nitrogens is 3. The molecule has 0 saturated carbocycles. The molecule has 35 heavy (non-hydrogen) atoms. The normalized spacial score (nSPS) is 23.9. The van der Waals surface area contributed by atoms with Crippen LogP contribution in [-0.4, -0.2) is 68.4 Å². The molecule has 3 rings (SSSR count). The molecule has 4 atom stereocenters. The maximum Gasteiger partial charge on any atom is 0.412 e. The van der Waals surface area contributed by atoms with E-state index in [1.54, 1.807) is 6.07 Å². The van der Waals surface area contributed by atoms with Gasteiger partial charge in [-0.1, -0.05) is 33.6 Å². The zero-order valence-electron chi connectivity index (χ0n) is 20.0. The van der Waals surface area contributed by atoms with Crippen LogP contribution < -0.4 is 5.32 Å². The van der Waals surface area contributed by atoms with Gasteiger partial charge >= 0.3 is 12.1 Å². The molecule has 2 aromatic rings. The Kier molecular flexibility index (Phi) is 8.61. The van der Waals surface area contributed by atoms with Crippen molar-refractivity contribution in [1.29, 1.82) is 5.26 Å². The van der Waals surface area contributed by atoms with Gasteiger partial charge in [0.2, 0.25) is 5.60 Å². The number of nitriles is 1. The first-order chi connectivity index (χ1) is 16.7. The summed E-state index contributed by atoms with van der Waals surface area (Å²) in [6.07, 6.45) is -0.944. The van der Waals surface area contributed by atoms with Crippen LogP contribution in [0.4, 0.5) is 10.6 Å². The van der Waals surface area contributed by atoms with Crippen LogP contribution in [0.25, 0.3) is 5.52 Å². The van der Waals surface area contributed by atoms with E-state index in [0.717, 1.165) is 25.6 Å². The van der Waals surface area contributed by atoms with Crippen molar-refractivity contribution in [3.63, 3.8) is 0 Å². The summed E-state index contributed by atoms with van der Waals surface area (Å²) in [5.74, 6) is -0.256. The lowest BCUT2D eigenvalue weighted by Gasteiger charge is -2.24. The van der Waals surface area contributed by atoms with Gasteiger partial charge in [-0.15, -0.1) is 0 Å². The van der Waals surface area contributed by atoms with Crippen LogP contribution >= 0.6 is 0 Å². The number of anilines is 1. The number of hydrogen-bond donors (Lipinski definition) is 3. The number of fused-ring (bicyclic) bond motifs is 1. The molecule has 0 spiro atoms. The highest BCUT2D eigenvalue weighted by Gasteiger charge is 2.57. The number of rotatable bonds is 10.